The molecule has 6 heteroatoms. The highest BCUT2D eigenvalue weighted by molar-refractivity contribution is 5.92. The van der Waals surface area contributed by atoms with E-state index in [1.165, 1.54) is 18.1 Å². The highest BCUT2D eigenvalue weighted by atomic mass is 16.5. The minimum Gasteiger partial charge on any atom is -0.494 e. The molecule has 0 saturated carbocycles. The van der Waals surface area contributed by atoms with Crippen LogP contribution >= 0.6 is 0 Å². The lowest BCUT2D eigenvalue weighted by atomic mass is 9.87. The summed E-state index contributed by atoms with van der Waals surface area (Å²) in [5.74, 6) is 0.470. The zero-order valence-corrected chi connectivity index (χ0v) is 15.2. The van der Waals surface area contributed by atoms with E-state index in [1.807, 2.05) is 18.2 Å². The van der Waals surface area contributed by atoms with Gasteiger partial charge in [-0.2, -0.15) is 0 Å². The number of rotatable bonds is 7. The minimum absolute atomic E-state index is 0.0546. The zero-order chi connectivity index (χ0) is 18.4. The van der Waals surface area contributed by atoms with E-state index in [-0.39, 0.29) is 11.3 Å². The molecule has 0 aliphatic rings. The first-order chi connectivity index (χ1) is 11.8. The second-order valence-corrected chi connectivity index (χ2v) is 7.19. The maximum absolute atomic E-state index is 12.1. The van der Waals surface area contributed by atoms with Gasteiger partial charge in [-0.05, 0) is 30.0 Å². The number of H-pyrrole nitrogens is 1. The maximum atomic E-state index is 12.1. The Morgan fingerprint density at radius 3 is 2.76 bits per heavy atom. The Bertz CT molecular complexity index is 675. The highest BCUT2D eigenvalue weighted by Gasteiger charge is 2.20. The number of benzene rings is 1. The molecule has 0 aliphatic heterocycles. The van der Waals surface area contributed by atoms with Gasteiger partial charge in [-0.15, -0.1) is 0 Å². The lowest BCUT2D eigenvalue weighted by Crippen LogP contribution is -2.43. The molecule has 0 unspecified atom stereocenters. The number of hydrogen-bond donors (Lipinski definition) is 3. The monoisotopic (exact) mass is 345 g/mol. The molecule has 25 heavy (non-hydrogen) atoms. The minimum atomic E-state index is -0.688. The number of carbonyl (C=O) groups is 1. The molecule has 0 aliphatic carbocycles. The van der Waals surface area contributed by atoms with Gasteiger partial charge in [0, 0.05) is 12.6 Å². The number of aliphatic hydroxyl groups is 1. The van der Waals surface area contributed by atoms with Gasteiger partial charge in [0.25, 0.3) is 5.91 Å². The van der Waals surface area contributed by atoms with E-state index in [1.54, 1.807) is 6.92 Å². The molecule has 2 atom stereocenters. The molecular weight excluding hydrogens is 318 g/mol. The van der Waals surface area contributed by atoms with Gasteiger partial charge in [0.1, 0.15) is 11.4 Å². The largest absolute Gasteiger partial charge is 0.494 e. The molecule has 2 aromatic rings. The van der Waals surface area contributed by atoms with E-state index >= 15 is 0 Å². The van der Waals surface area contributed by atoms with Crippen LogP contribution in [0, 0.1) is 0 Å². The van der Waals surface area contributed by atoms with Crippen molar-refractivity contribution in [2.75, 3.05) is 6.61 Å². The molecule has 1 aromatic heterocycles. The van der Waals surface area contributed by atoms with Crippen molar-refractivity contribution in [3.05, 3.63) is 48.0 Å². The molecule has 136 valence electrons. The number of aromatic nitrogens is 2. The summed E-state index contributed by atoms with van der Waals surface area (Å²) in [6, 6.07) is 7.58. The van der Waals surface area contributed by atoms with Crippen LogP contribution in [0.1, 0.15) is 50.2 Å². The summed E-state index contributed by atoms with van der Waals surface area (Å²) in [5.41, 5.74) is 1.55. The summed E-state index contributed by atoms with van der Waals surface area (Å²) < 4.78 is 5.81. The molecule has 6 nitrogen and oxygen atoms in total. The lowest BCUT2D eigenvalue weighted by molar-refractivity contribution is 0.0827. The fourth-order valence-corrected chi connectivity index (χ4v) is 2.42. The first kappa shape index (κ1) is 19.0. The topological polar surface area (TPSA) is 87.2 Å². The SMILES string of the molecule is C[C@H](O)[C@@H](CCOc1cccc(C(C)(C)C)c1)NC(=O)c1c[nH]cn1. The van der Waals surface area contributed by atoms with Gasteiger partial charge < -0.3 is 20.1 Å². The van der Waals surface area contributed by atoms with Crippen molar-refractivity contribution in [1.82, 2.24) is 15.3 Å². The number of amides is 1. The average molecular weight is 345 g/mol. The summed E-state index contributed by atoms with van der Waals surface area (Å²) in [6.07, 6.45) is 2.76. The van der Waals surface area contributed by atoms with Crippen LogP contribution in [0.4, 0.5) is 0 Å². The summed E-state index contributed by atoms with van der Waals surface area (Å²) in [5, 5.41) is 12.7. The van der Waals surface area contributed by atoms with Crippen molar-refractivity contribution in [2.24, 2.45) is 0 Å². The van der Waals surface area contributed by atoms with Crippen LogP contribution in [0.2, 0.25) is 0 Å². The predicted molar refractivity (Wildman–Crippen MR) is 96.8 cm³/mol. The third kappa shape index (κ3) is 5.60. The van der Waals surface area contributed by atoms with Crippen molar-refractivity contribution >= 4 is 5.91 Å². The molecule has 1 aromatic carbocycles. The maximum Gasteiger partial charge on any atom is 0.271 e. The van der Waals surface area contributed by atoms with Gasteiger partial charge in [0.05, 0.1) is 25.1 Å². The van der Waals surface area contributed by atoms with Crippen LogP contribution in [0.25, 0.3) is 0 Å². The van der Waals surface area contributed by atoms with Crippen molar-refractivity contribution in [2.45, 2.75) is 51.7 Å². The van der Waals surface area contributed by atoms with E-state index in [2.05, 4.69) is 42.1 Å². The van der Waals surface area contributed by atoms with Crippen LogP contribution in [-0.2, 0) is 5.41 Å². The van der Waals surface area contributed by atoms with E-state index in [9.17, 15) is 9.90 Å². The molecule has 3 N–H and O–H groups in total. The van der Waals surface area contributed by atoms with Gasteiger partial charge in [-0.1, -0.05) is 32.9 Å². The highest BCUT2D eigenvalue weighted by Crippen LogP contribution is 2.25. The van der Waals surface area contributed by atoms with Crippen molar-refractivity contribution in [1.29, 1.82) is 0 Å². The molecule has 2 rings (SSSR count). The molecule has 0 spiro atoms. The fourth-order valence-electron chi connectivity index (χ4n) is 2.42. The van der Waals surface area contributed by atoms with E-state index in [4.69, 9.17) is 4.74 Å². The molecule has 0 saturated heterocycles. The Morgan fingerprint density at radius 1 is 1.40 bits per heavy atom. The van der Waals surface area contributed by atoms with Gasteiger partial charge in [0.15, 0.2) is 0 Å². The number of carbonyl (C=O) groups excluding carboxylic acids is 1. The van der Waals surface area contributed by atoms with E-state index in [0.29, 0.717) is 18.7 Å². The van der Waals surface area contributed by atoms with Crippen molar-refractivity contribution < 1.29 is 14.6 Å². The first-order valence-electron chi connectivity index (χ1n) is 8.48. The molecule has 0 bridgehead atoms. The van der Waals surface area contributed by atoms with Crippen LogP contribution in [0.5, 0.6) is 5.75 Å². The Labute approximate surface area is 148 Å². The molecule has 0 radical (unpaired) electrons. The Hall–Kier alpha value is -2.34. The van der Waals surface area contributed by atoms with Crippen LogP contribution in [0.15, 0.2) is 36.8 Å². The Morgan fingerprint density at radius 2 is 2.16 bits per heavy atom. The second kappa shape index (κ2) is 8.16. The number of ether oxygens (including phenoxy) is 1. The average Bonchev–Trinajstić information content (AvgIpc) is 3.07. The van der Waals surface area contributed by atoms with Gasteiger partial charge in [-0.3, -0.25) is 4.79 Å². The smallest absolute Gasteiger partial charge is 0.271 e. The first-order valence-corrected chi connectivity index (χ1v) is 8.48. The fraction of sp³-hybridized carbons (Fsp3) is 0.474. The normalized spacial score (nSPS) is 14.0. The molecular formula is C19H27N3O3. The third-order valence-corrected chi connectivity index (χ3v) is 4.03. The van der Waals surface area contributed by atoms with Gasteiger partial charge in [0.2, 0.25) is 0 Å². The number of hydrogen-bond acceptors (Lipinski definition) is 4. The van der Waals surface area contributed by atoms with Gasteiger partial charge in [-0.25, -0.2) is 4.98 Å². The van der Waals surface area contributed by atoms with Crippen LogP contribution in [0.3, 0.4) is 0 Å². The summed E-state index contributed by atoms with van der Waals surface area (Å²) in [4.78, 5) is 18.7. The molecule has 1 amide bonds. The van der Waals surface area contributed by atoms with Crippen molar-refractivity contribution in [3.8, 4) is 5.75 Å². The lowest BCUT2D eigenvalue weighted by Gasteiger charge is -2.22. The standard InChI is InChI=1S/C19H27N3O3/c1-13(23)16(22-18(24)17-11-20-12-21-17)8-9-25-15-7-5-6-14(10-15)19(2,3)4/h5-7,10-13,16,23H,8-9H2,1-4H3,(H,20,21)(H,22,24)/t13-,16+/m0/s1. The second-order valence-electron chi connectivity index (χ2n) is 7.19. The summed E-state index contributed by atoms with van der Waals surface area (Å²) in [6.45, 7) is 8.50. The van der Waals surface area contributed by atoms with Crippen molar-refractivity contribution in [3.63, 3.8) is 0 Å². The van der Waals surface area contributed by atoms with E-state index in [0.717, 1.165) is 5.75 Å². The number of aliphatic hydroxyl groups excluding tert-OH is 1. The number of imidazole rings is 1. The third-order valence-electron chi connectivity index (χ3n) is 4.03. The van der Waals surface area contributed by atoms with Gasteiger partial charge >= 0.3 is 0 Å². The Balaban J connectivity index is 1.90. The van der Waals surface area contributed by atoms with Crippen LogP contribution in [-0.4, -0.2) is 39.7 Å². The Kier molecular flexibility index (Phi) is 6.20. The summed E-state index contributed by atoms with van der Waals surface area (Å²) >= 11 is 0. The number of nitrogens with zero attached hydrogens (tertiary/aromatic N) is 1. The zero-order valence-electron chi connectivity index (χ0n) is 15.2. The summed E-state index contributed by atoms with van der Waals surface area (Å²) in [7, 11) is 0. The number of aromatic amines is 1. The van der Waals surface area contributed by atoms with Crippen LogP contribution < -0.4 is 10.1 Å². The molecule has 0 fully saturated rings. The quantitative estimate of drug-likeness (QED) is 0.720. The number of nitrogens with one attached hydrogen (secondary N) is 2. The van der Waals surface area contributed by atoms with E-state index < -0.39 is 12.1 Å². The predicted octanol–water partition coefficient (Wildman–Crippen LogP) is 2.66. The molecule has 1 heterocycles.